The molecule has 2 aliphatic rings. The topological polar surface area (TPSA) is 22.6 Å². The molecule has 0 saturated carbocycles. The highest BCUT2D eigenvalue weighted by Crippen LogP contribution is 2.46. The fourth-order valence-electron chi connectivity index (χ4n) is 4.64. The Kier molecular flexibility index (Phi) is 5.97. The summed E-state index contributed by atoms with van der Waals surface area (Å²) < 4.78 is 23.1. The molecule has 0 unspecified atom stereocenters. The highest BCUT2D eigenvalue weighted by Gasteiger charge is 2.48. The minimum absolute atomic E-state index is 0.0578. The summed E-state index contributed by atoms with van der Waals surface area (Å²) in [6.07, 6.45) is 4.38. The Hall–Kier alpha value is -1.15. The van der Waals surface area contributed by atoms with Crippen LogP contribution in [0.5, 0.6) is 0 Å². The average molecular weight is 421 g/mol. The first-order valence-corrected chi connectivity index (χ1v) is 11.7. The van der Waals surface area contributed by atoms with Gasteiger partial charge in [-0.2, -0.15) is 4.37 Å². The zero-order chi connectivity index (χ0) is 19.7. The SMILES string of the molecule is CCCc1nscc1CN1CC[C@@]2(C[C@@H]1C)CN(C)SN2c1cccc(F)c1. The molecule has 0 N–H and O–H groups in total. The van der Waals surface area contributed by atoms with Crippen molar-refractivity contribution in [1.82, 2.24) is 13.6 Å². The van der Waals surface area contributed by atoms with Gasteiger partial charge in [0.1, 0.15) is 5.82 Å². The smallest absolute Gasteiger partial charge is 0.125 e. The van der Waals surface area contributed by atoms with Gasteiger partial charge in [-0.05, 0) is 63.0 Å². The second kappa shape index (κ2) is 8.30. The molecule has 28 heavy (non-hydrogen) atoms. The van der Waals surface area contributed by atoms with Crippen molar-refractivity contribution in [3.05, 3.63) is 46.7 Å². The van der Waals surface area contributed by atoms with Gasteiger partial charge in [0.2, 0.25) is 0 Å². The summed E-state index contributed by atoms with van der Waals surface area (Å²) in [5.74, 6) is -0.165. The summed E-state index contributed by atoms with van der Waals surface area (Å²) in [6, 6.07) is 7.51. The number of piperidine rings is 1. The van der Waals surface area contributed by atoms with Crippen molar-refractivity contribution in [1.29, 1.82) is 0 Å². The number of benzene rings is 1. The lowest BCUT2D eigenvalue weighted by molar-refractivity contribution is 0.100. The molecule has 0 bridgehead atoms. The minimum atomic E-state index is -0.165. The van der Waals surface area contributed by atoms with Crippen LogP contribution in [-0.2, 0) is 13.0 Å². The number of hydrogen-bond donors (Lipinski definition) is 0. The monoisotopic (exact) mass is 420 g/mol. The molecule has 2 aromatic rings. The van der Waals surface area contributed by atoms with Crippen LogP contribution >= 0.6 is 23.7 Å². The lowest BCUT2D eigenvalue weighted by Crippen LogP contribution is -2.56. The predicted octanol–water partition coefficient (Wildman–Crippen LogP) is 4.97. The fourth-order valence-corrected chi connectivity index (χ4v) is 6.55. The molecule has 1 aromatic heterocycles. The molecular formula is C21H29FN4S2. The van der Waals surface area contributed by atoms with Crippen molar-refractivity contribution >= 4 is 29.4 Å². The van der Waals surface area contributed by atoms with E-state index >= 15 is 0 Å². The Bertz CT molecular complexity index is 813. The largest absolute Gasteiger partial charge is 0.296 e. The number of likely N-dealkylation sites (tertiary alicyclic amines) is 1. The minimum Gasteiger partial charge on any atom is -0.296 e. The standard InChI is InChI=1S/C21H29FN4S2/c1-4-6-20-17(14-27-23-20)13-25-10-9-21(12-16(25)2)15-24(3)28-26(21)19-8-5-7-18(22)11-19/h5,7-8,11,14,16H,4,6,9-10,12-13,15H2,1-3H3/t16-,21+/m0/s1. The van der Waals surface area contributed by atoms with E-state index in [4.69, 9.17) is 0 Å². The molecule has 0 radical (unpaired) electrons. The summed E-state index contributed by atoms with van der Waals surface area (Å²) in [5, 5.41) is 2.22. The van der Waals surface area contributed by atoms with Crippen LogP contribution < -0.4 is 4.31 Å². The van der Waals surface area contributed by atoms with Gasteiger partial charge in [-0.3, -0.25) is 9.21 Å². The Morgan fingerprint density at radius 1 is 1.36 bits per heavy atom. The summed E-state index contributed by atoms with van der Waals surface area (Å²) in [5.41, 5.74) is 3.71. The molecular weight excluding hydrogens is 391 g/mol. The number of rotatable bonds is 5. The van der Waals surface area contributed by atoms with Crippen LogP contribution in [-0.4, -0.2) is 45.3 Å². The molecule has 0 amide bonds. The predicted molar refractivity (Wildman–Crippen MR) is 117 cm³/mol. The van der Waals surface area contributed by atoms with Crippen molar-refractivity contribution in [3.8, 4) is 0 Å². The third kappa shape index (κ3) is 3.95. The molecule has 152 valence electrons. The van der Waals surface area contributed by atoms with Crippen LogP contribution in [0.1, 0.15) is 44.4 Å². The molecule has 2 saturated heterocycles. The van der Waals surface area contributed by atoms with E-state index in [2.05, 4.69) is 44.2 Å². The summed E-state index contributed by atoms with van der Waals surface area (Å²) >= 11 is 3.31. The van der Waals surface area contributed by atoms with E-state index in [1.165, 1.54) is 17.3 Å². The van der Waals surface area contributed by atoms with Gasteiger partial charge >= 0.3 is 0 Å². The van der Waals surface area contributed by atoms with E-state index in [1.807, 2.05) is 12.1 Å². The first-order chi connectivity index (χ1) is 13.5. The molecule has 1 spiro atoms. The molecule has 2 fully saturated rings. The highest BCUT2D eigenvalue weighted by molar-refractivity contribution is 7.98. The molecule has 4 rings (SSSR count). The van der Waals surface area contributed by atoms with Gasteiger partial charge in [0.05, 0.1) is 16.9 Å². The van der Waals surface area contributed by atoms with E-state index in [9.17, 15) is 4.39 Å². The van der Waals surface area contributed by atoms with Crippen molar-refractivity contribution in [2.45, 2.75) is 57.7 Å². The Balaban J connectivity index is 1.51. The van der Waals surface area contributed by atoms with Crippen molar-refractivity contribution < 1.29 is 4.39 Å². The van der Waals surface area contributed by atoms with Gasteiger partial charge in [-0.15, -0.1) is 0 Å². The van der Waals surface area contributed by atoms with E-state index in [0.717, 1.165) is 51.0 Å². The third-order valence-corrected chi connectivity index (χ3v) is 7.85. The first kappa shape index (κ1) is 20.1. The summed E-state index contributed by atoms with van der Waals surface area (Å²) in [7, 11) is 2.14. The van der Waals surface area contributed by atoms with Crippen LogP contribution in [0.3, 0.4) is 0 Å². The van der Waals surface area contributed by atoms with Crippen LogP contribution in [0.2, 0.25) is 0 Å². The van der Waals surface area contributed by atoms with Crippen LogP contribution in [0.4, 0.5) is 10.1 Å². The highest BCUT2D eigenvalue weighted by atomic mass is 32.2. The van der Waals surface area contributed by atoms with Gasteiger partial charge < -0.3 is 0 Å². The number of halogens is 1. The molecule has 2 aliphatic heterocycles. The van der Waals surface area contributed by atoms with E-state index in [0.29, 0.717) is 6.04 Å². The van der Waals surface area contributed by atoms with Gasteiger partial charge in [0.15, 0.2) is 0 Å². The lowest BCUT2D eigenvalue weighted by atomic mass is 9.82. The van der Waals surface area contributed by atoms with Gasteiger partial charge in [-0.25, -0.2) is 8.70 Å². The second-order valence-corrected chi connectivity index (χ2v) is 9.96. The molecule has 0 aliphatic carbocycles. The normalized spacial score (nSPS) is 26.4. The van der Waals surface area contributed by atoms with Crippen molar-refractivity contribution in [3.63, 3.8) is 0 Å². The van der Waals surface area contributed by atoms with E-state index in [-0.39, 0.29) is 11.4 Å². The third-order valence-electron chi connectivity index (χ3n) is 5.96. The zero-order valence-electron chi connectivity index (χ0n) is 16.9. The second-order valence-electron chi connectivity index (χ2n) is 8.18. The molecule has 2 atom stereocenters. The van der Waals surface area contributed by atoms with Crippen LogP contribution in [0.15, 0.2) is 29.6 Å². The molecule has 3 heterocycles. The average Bonchev–Trinajstić information content (AvgIpc) is 3.22. The Morgan fingerprint density at radius 2 is 2.21 bits per heavy atom. The van der Waals surface area contributed by atoms with E-state index in [1.54, 1.807) is 29.7 Å². The number of aryl methyl sites for hydroxylation is 1. The van der Waals surface area contributed by atoms with Crippen LogP contribution in [0.25, 0.3) is 0 Å². The Morgan fingerprint density at radius 3 is 2.96 bits per heavy atom. The molecule has 4 nitrogen and oxygen atoms in total. The summed E-state index contributed by atoms with van der Waals surface area (Å²) in [4.78, 5) is 2.60. The lowest BCUT2D eigenvalue weighted by Gasteiger charge is -2.47. The van der Waals surface area contributed by atoms with Crippen molar-refractivity contribution in [2.24, 2.45) is 0 Å². The Labute approximate surface area is 176 Å². The van der Waals surface area contributed by atoms with Crippen molar-refractivity contribution in [2.75, 3.05) is 24.4 Å². The number of likely N-dealkylation sites (N-methyl/N-ethyl adjacent to an activating group) is 1. The van der Waals surface area contributed by atoms with E-state index < -0.39 is 0 Å². The quantitative estimate of drug-likeness (QED) is 0.635. The number of nitrogens with zero attached hydrogens (tertiary/aromatic N) is 4. The van der Waals surface area contributed by atoms with Crippen LogP contribution in [0, 0.1) is 5.82 Å². The first-order valence-electron chi connectivity index (χ1n) is 10.1. The number of hydrogen-bond acceptors (Lipinski definition) is 6. The maximum absolute atomic E-state index is 13.9. The molecule has 1 aromatic carbocycles. The fraction of sp³-hybridized carbons (Fsp3) is 0.571. The number of aromatic nitrogens is 1. The maximum Gasteiger partial charge on any atom is 0.125 e. The van der Waals surface area contributed by atoms with Gasteiger partial charge in [-0.1, -0.05) is 19.4 Å². The number of anilines is 1. The maximum atomic E-state index is 13.9. The zero-order valence-corrected chi connectivity index (χ0v) is 18.5. The van der Waals surface area contributed by atoms with Gasteiger partial charge in [0.25, 0.3) is 0 Å². The molecule has 7 heteroatoms. The summed E-state index contributed by atoms with van der Waals surface area (Å²) in [6.45, 7) is 7.61. The van der Waals surface area contributed by atoms with Gasteiger partial charge in [0, 0.05) is 48.8 Å².